The summed E-state index contributed by atoms with van der Waals surface area (Å²) in [5.41, 5.74) is 0.704. The fraction of sp³-hybridized carbons (Fsp3) is 0.231. The first-order valence-corrected chi connectivity index (χ1v) is 5.23. The molecular formula is C13H12O3. The first-order chi connectivity index (χ1) is 7.75. The van der Waals surface area contributed by atoms with E-state index in [9.17, 15) is 9.59 Å². The van der Waals surface area contributed by atoms with Crippen molar-refractivity contribution in [2.45, 2.75) is 18.9 Å². The highest BCUT2D eigenvalue weighted by molar-refractivity contribution is 5.96. The number of Topliss-reactive ketones (excluding diaryl/α,β-unsaturated/α-hetero) is 1. The first-order valence-electron chi connectivity index (χ1n) is 5.23. The van der Waals surface area contributed by atoms with Crippen LogP contribution >= 0.6 is 0 Å². The van der Waals surface area contributed by atoms with Gasteiger partial charge in [0.25, 0.3) is 0 Å². The maximum atomic E-state index is 11.7. The highest BCUT2D eigenvalue weighted by atomic mass is 16.5. The van der Waals surface area contributed by atoms with E-state index in [4.69, 9.17) is 4.74 Å². The predicted molar refractivity (Wildman–Crippen MR) is 59.0 cm³/mol. The van der Waals surface area contributed by atoms with E-state index in [1.807, 2.05) is 18.2 Å². The van der Waals surface area contributed by atoms with Crippen molar-refractivity contribution in [2.75, 3.05) is 0 Å². The van der Waals surface area contributed by atoms with Crippen LogP contribution in [0.25, 0.3) is 0 Å². The summed E-state index contributed by atoms with van der Waals surface area (Å²) in [6.07, 6.45) is 3.81. The smallest absolute Gasteiger partial charge is 0.331 e. The van der Waals surface area contributed by atoms with Gasteiger partial charge in [0.1, 0.15) is 6.10 Å². The maximum absolute atomic E-state index is 11.7. The van der Waals surface area contributed by atoms with Gasteiger partial charge in [-0.3, -0.25) is 4.79 Å². The van der Waals surface area contributed by atoms with Gasteiger partial charge in [-0.1, -0.05) is 30.3 Å². The van der Waals surface area contributed by atoms with Gasteiger partial charge in [0.05, 0.1) is 0 Å². The molecule has 0 spiro atoms. The summed E-state index contributed by atoms with van der Waals surface area (Å²) in [6.45, 7) is 0. The van der Waals surface area contributed by atoms with Crippen molar-refractivity contribution in [3.63, 3.8) is 0 Å². The molecule has 1 aliphatic heterocycles. The van der Waals surface area contributed by atoms with Crippen molar-refractivity contribution in [1.82, 2.24) is 0 Å². The average Bonchev–Trinajstić information content (AvgIpc) is 2.73. The molecule has 1 atom stereocenters. The Morgan fingerprint density at radius 2 is 2.00 bits per heavy atom. The van der Waals surface area contributed by atoms with Crippen LogP contribution in [0.2, 0.25) is 0 Å². The van der Waals surface area contributed by atoms with Crippen LogP contribution in [0.1, 0.15) is 23.2 Å². The van der Waals surface area contributed by atoms with E-state index in [1.54, 1.807) is 18.2 Å². The third-order valence-electron chi connectivity index (χ3n) is 2.47. The molecule has 1 aliphatic rings. The minimum absolute atomic E-state index is 0.0805. The maximum Gasteiger partial charge on any atom is 0.331 e. The van der Waals surface area contributed by atoms with Crippen LogP contribution in [0, 0.1) is 0 Å². The molecule has 0 bridgehead atoms. The molecule has 3 heteroatoms. The molecule has 0 fully saturated rings. The summed E-state index contributed by atoms with van der Waals surface area (Å²) in [5.74, 6) is -0.242. The van der Waals surface area contributed by atoms with E-state index < -0.39 is 0 Å². The molecule has 1 aromatic rings. The predicted octanol–water partition coefficient (Wildman–Crippen LogP) is 2.13. The summed E-state index contributed by atoms with van der Waals surface area (Å²) in [4.78, 5) is 22.5. The van der Waals surface area contributed by atoms with Crippen molar-refractivity contribution in [1.29, 1.82) is 0 Å². The molecule has 1 aromatic carbocycles. The molecule has 0 aromatic heterocycles. The fourth-order valence-electron chi connectivity index (χ4n) is 1.61. The lowest BCUT2D eigenvalue weighted by molar-refractivity contribution is -0.138. The zero-order chi connectivity index (χ0) is 11.4. The third-order valence-corrected chi connectivity index (χ3v) is 2.47. The van der Waals surface area contributed by atoms with Gasteiger partial charge in [-0.15, -0.1) is 0 Å². The van der Waals surface area contributed by atoms with Crippen molar-refractivity contribution in [2.24, 2.45) is 0 Å². The SMILES string of the molecule is O=C1C=CC(CCC(=O)c2ccccc2)O1. The molecule has 1 unspecified atom stereocenters. The molecular weight excluding hydrogens is 204 g/mol. The second kappa shape index (κ2) is 4.75. The number of rotatable bonds is 4. The summed E-state index contributed by atoms with van der Waals surface area (Å²) in [6, 6.07) is 9.13. The molecule has 3 nitrogen and oxygen atoms in total. The normalized spacial score (nSPS) is 18.5. The van der Waals surface area contributed by atoms with Crippen molar-refractivity contribution in [3.8, 4) is 0 Å². The van der Waals surface area contributed by atoms with E-state index in [-0.39, 0.29) is 17.9 Å². The highest BCUT2D eigenvalue weighted by Crippen LogP contribution is 2.13. The lowest BCUT2D eigenvalue weighted by atomic mass is 10.0. The minimum atomic E-state index is -0.322. The van der Waals surface area contributed by atoms with Crippen LogP contribution in [-0.2, 0) is 9.53 Å². The van der Waals surface area contributed by atoms with Gasteiger partial charge in [-0.25, -0.2) is 4.79 Å². The lowest BCUT2D eigenvalue weighted by Gasteiger charge is -2.07. The third kappa shape index (κ3) is 2.57. The zero-order valence-corrected chi connectivity index (χ0v) is 8.76. The van der Waals surface area contributed by atoms with Gasteiger partial charge < -0.3 is 4.74 Å². The number of carbonyl (C=O) groups excluding carboxylic acids is 2. The molecule has 0 saturated heterocycles. The van der Waals surface area contributed by atoms with Gasteiger partial charge in [0.2, 0.25) is 0 Å². The number of benzene rings is 1. The number of hydrogen-bond donors (Lipinski definition) is 0. The van der Waals surface area contributed by atoms with E-state index in [2.05, 4.69) is 0 Å². The number of ether oxygens (including phenoxy) is 1. The largest absolute Gasteiger partial charge is 0.455 e. The van der Waals surface area contributed by atoms with Crippen LogP contribution < -0.4 is 0 Å². The highest BCUT2D eigenvalue weighted by Gasteiger charge is 2.17. The second-order valence-electron chi connectivity index (χ2n) is 3.66. The summed E-state index contributed by atoms with van der Waals surface area (Å²) < 4.78 is 4.95. The van der Waals surface area contributed by atoms with E-state index in [0.29, 0.717) is 18.4 Å². The van der Waals surface area contributed by atoms with Crippen LogP contribution in [-0.4, -0.2) is 17.9 Å². The molecule has 1 heterocycles. The summed E-state index contributed by atoms with van der Waals surface area (Å²) in [5, 5.41) is 0. The van der Waals surface area contributed by atoms with Crippen LogP contribution in [0.5, 0.6) is 0 Å². The van der Waals surface area contributed by atoms with Gasteiger partial charge in [0.15, 0.2) is 5.78 Å². The van der Waals surface area contributed by atoms with Crippen molar-refractivity contribution in [3.05, 3.63) is 48.0 Å². The molecule has 2 rings (SSSR count). The Morgan fingerprint density at radius 3 is 2.62 bits per heavy atom. The van der Waals surface area contributed by atoms with E-state index in [1.165, 1.54) is 6.08 Å². The monoisotopic (exact) mass is 216 g/mol. The van der Waals surface area contributed by atoms with Crippen LogP contribution in [0.15, 0.2) is 42.5 Å². The fourth-order valence-corrected chi connectivity index (χ4v) is 1.61. The minimum Gasteiger partial charge on any atom is -0.455 e. The van der Waals surface area contributed by atoms with Crippen molar-refractivity contribution >= 4 is 11.8 Å². The van der Waals surface area contributed by atoms with Crippen LogP contribution in [0.3, 0.4) is 0 Å². The second-order valence-corrected chi connectivity index (χ2v) is 3.66. The molecule has 0 amide bonds. The zero-order valence-electron chi connectivity index (χ0n) is 8.76. The quantitative estimate of drug-likeness (QED) is 0.572. The number of carbonyl (C=O) groups is 2. The topological polar surface area (TPSA) is 43.4 Å². The average molecular weight is 216 g/mol. The molecule has 82 valence electrons. The van der Waals surface area contributed by atoms with E-state index >= 15 is 0 Å². The molecule has 0 aliphatic carbocycles. The molecule has 0 saturated carbocycles. The Morgan fingerprint density at radius 1 is 1.25 bits per heavy atom. The molecule has 16 heavy (non-hydrogen) atoms. The molecule has 0 N–H and O–H groups in total. The van der Waals surface area contributed by atoms with Gasteiger partial charge >= 0.3 is 5.97 Å². The standard InChI is InChI=1S/C13H12O3/c14-12(10-4-2-1-3-5-10)8-6-11-7-9-13(15)16-11/h1-5,7,9,11H,6,8H2. The Labute approximate surface area is 93.7 Å². The van der Waals surface area contributed by atoms with Crippen molar-refractivity contribution < 1.29 is 14.3 Å². The number of hydrogen-bond acceptors (Lipinski definition) is 3. The van der Waals surface area contributed by atoms with Gasteiger partial charge in [0, 0.05) is 18.1 Å². The Hall–Kier alpha value is -1.90. The molecule has 0 radical (unpaired) electrons. The first kappa shape index (κ1) is 10.6. The Balaban J connectivity index is 1.85. The number of ketones is 1. The van der Waals surface area contributed by atoms with Gasteiger partial charge in [-0.05, 0) is 12.5 Å². The van der Waals surface area contributed by atoms with Gasteiger partial charge in [-0.2, -0.15) is 0 Å². The van der Waals surface area contributed by atoms with E-state index in [0.717, 1.165) is 0 Å². The number of cyclic esters (lactones) is 1. The Bertz CT molecular complexity index is 420. The van der Waals surface area contributed by atoms with Crippen LogP contribution in [0.4, 0.5) is 0 Å². The lowest BCUT2D eigenvalue weighted by Crippen LogP contribution is -2.10. The summed E-state index contributed by atoms with van der Waals surface area (Å²) >= 11 is 0. The Kier molecular flexibility index (Phi) is 3.15. The summed E-state index contributed by atoms with van der Waals surface area (Å²) in [7, 11) is 0. The number of esters is 1.